The van der Waals surface area contributed by atoms with E-state index in [-0.39, 0.29) is 0 Å². The van der Waals surface area contributed by atoms with E-state index in [0.29, 0.717) is 0 Å². The Morgan fingerprint density at radius 1 is 1.05 bits per heavy atom. The number of nitrogens with zero attached hydrogens (tertiary/aromatic N) is 2. The molecule has 3 rings (SSSR count). The van der Waals surface area contributed by atoms with Gasteiger partial charge in [0.05, 0.1) is 24.2 Å². The van der Waals surface area contributed by atoms with Crippen LogP contribution in [0.25, 0.3) is 10.9 Å². The Balaban J connectivity index is 1.59. The van der Waals surface area contributed by atoms with Crippen molar-refractivity contribution in [3.63, 3.8) is 0 Å². The summed E-state index contributed by atoms with van der Waals surface area (Å²) in [5, 5.41) is 4.53. The Morgan fingerprint density at radius 3 is 2.80 bits per heavy atom. The van der Waals surface area contributed by atoms with Crippen LogP contribution in [0, 0.1) is 11.8 Å². The zero-order chi connectivity index (χ0) is 13.6. The fourth-order valence-electron chi connectivity index (χ4n) is 2.40. The standard InChI is InChI=1S/C17H19N3/c1-2-7-17-15(5-1)8-9-16(19-17)6-3-4-12-20-13-10-18-11-14-20/h1-2,5,7-9,18H,6,10-14H2. The fourth-order valence-corrected chi connectivity index (χ4v) is 2.40. The quantitative estimate of drug-likeness (QED) is 0.838. The number of hydrogen-bond donors (Lipinski definition) is 1. The molecule has 0 saturated carbocycles. The smallest absolute Gasteiger partial charge is 0.0705 e. The first-order valence-corrected chi connectivity index (χ1v) is 7.15. The average molecular weight is 265 g/mol. The molecule has 102 valence electrons. The number of para-hydroxylation sites is 1. The van der Waals surface area contributed by atoms with E-state index in [1.165, 1.54) is 5.39 Å². The minimum atomic E-state index is 0.733. The van der Waals surface area contributed by atoms with Crippen LogP contribution in [0.1, 0.15) is 5.69 Å². The van der Waals surface area contributed by atoms with Crippen LogP contribution in [-0.4, -0.2) is 42.6 Å². The summed E-state index contributed by atoms with van der Waals surface area (Å²) in [6, 6.07) is 12.4. The van der Waals surface area contributed by atoms with Gasteiger partial charge in [-0.05, 0) is 12.1 Å². The van der Waals surface area contributed by atoms with Crippen molar-refractivity contribution in [1.82, 2.24) is 15.2 Å². The average Bonchev–Trinajstić information content (AvgIpc) is 2.52. The third-order valence-electron chi connectivity index (χ3n) is 3.56. The number of rotatable bonds is 2. The molecule has 2 aromatic rings. The monoisotopic (exact) mass is 265 g/mol. The van der Waals surface area contributed by atoms with E-state index < -0.39 is 0 Å². The van der Waals surface area contributed by atoms with Gasteiger partial charge in [0.25, 0.3) is 0 Å². The van der Waals surface area contributed by atoms with Crippen LogP contribution >= 0.6 is 0 Å². The molecule has 3 nitrogen and oxygen atoms in total. The fraction of sp³-hybridized carbons (Fsp3) is 0.353. The molecule has 0 amide bonds. The van der Waals surface area contributed by atoms with E-state index in [1.54, 1.807) is 0 Å². The van der Waals surface area contributed by atoms with E-state index in [9.17, 15) is 0 Å². The van der Waals surface area contributed by atoms with Crippen molar-refractivity contribution in [2.75, 3.05) is 32.7 Å². The zero-order valence-electron chi connectivity index (χ0n) is 11.6. The molecule has 1 N–H and O–H groups in total. The summed E-state index contributed by atoms with van der Waals surface area (Å²) < 4.78 is 0. The molecule has 1 aliphatic heterocycles. The Morgan fingerprint density at radius 2 is 1.90 bits per heavy atom. The number of nitrogens with one attached hydrogen (secondary N) is 1. The molecule has 0 radical (unpaired) electrons. The van der Waals surface area contributed by atoms with Gasteiger partial charge >= 0.3 is 0 Å². The molecule has 3 heteroatoms. The Labute approximate surface area is 120 Å². The molecule has 1 aliphatic rings. The van der Waals surface area contributed by atoms with E-state index in [1.807, 2.05) is 18.2 Å². The van der Waals surface area contributed by atoms with Crippen molar-refractivity contribution < 1.29 is 0 Å². The lowest BCUT2D eigenvalue weighted by atomic mass is 10.2. The van der Waals surface area contributed by atoms with Crippen molar-refractivity contribution in [1.29, 1.82) is 0 Å². The van der Waals surface area contributed by atoms with Gasteiger partial charge in [-0.15, -0.1) is 0 Å². The lowest BCUT2D eigenvalue weighted by molar-refractivity contribution is 0.268. The second kappa shape index (κ2) is 6.51. The van der Waals surface area contributed by atoms with Gasteiger partial charge in [0.2, 0.25) is 0 Å². The third kappa shape index (κ3) is 3.36. The van der Waals surface area contributed by atoms with E-state index in [0.717, 1.165) is 50.4 Å². The van der Waals surface area contributed by atoms with Gasteiger partial charge in [-0.25, -0.2) is 0 Å². The predicted molar refractivity (Wildman–Crippen MR) is 82.5 cm³/mol. The number of fused-ring (bicyclic) bond motifs is 1. The molecule has 20 heavy (non-hydrogen) atoms. The highest BCUT2D eigenvalue weighted by Crippen LogP contribution is 2.11. The molecular formula is C17H19N3. The highest BCUT2D eigenvalue weighted by atomic mass is 15.2. The van der Waals surface area contributed by atoms with Crippen LogP contribution in [0.3, 0.4) is 0 Å². The van der Waals surface area contributed by atoms with Crippen molar-refractivity contribution in [2.24, 2.45) is 0 Å². The van der Waals surface area contributed by atoms with E-state index in [4.69, 9.17) is 0 Å². The molecule has 1 saturated heterocycles. The summed E-state index contributed by atoms with van der Waals surface area (Å²) in [4.78, 5) is 7.02. The molecule has 0 aliphatic carbocycles. The Hall–Kier alpha value is -1.89. The Bertz CT molecular complexity index is 633. The summed E-state index contributed by atoms with van der Waals surface area (Å²) in [6.45, 7) is 5.23. The van der Waals surface area contributed by atoms with Gasteiger partial charge in [-0.3, -0.25) is 9.88 Å². The summed E-state index contributed by atoms with van der Waals surface area (Å²) in [5.41, 5.74) is 2.10. The van der Waals surface area contributed by atoms with Gasteiger partial charge in [-0.1, -0.05) is 36.1 Å². The van der Waals surface area contributed by atoms with Gasteiger partial charge in [0.1, 0.15) is 0 Å². The minimum absolute atomic E-state index is 0.733. The third-order valence-corrected chi connectivity index (χ3v) is 3.56. The zero-order valence-corrected chi connectivity index (χ0v) is 11.6. The maximum atomic E-state index is 4.63. The summed E-state index contributed by atoms with van der Waals surface area (Å²) in [7, 11) is 0. The number of benzene rings is 1. The summed E-state index contributed by atoms with van der Waals surface area (Å²) >= 11 is 0. The highest BCUT2D eigenvalue weighted by molar-refractivity contribution is 5.78. The van der Waals surface area contributed by atoms with Gasteiger partial charge in [-0.2, -0.15) is 0 Å². The number of pyridine rings is 1. The molecule has 0 bridgehead atoms. The van der Waals surface area contributed by atoms with E-state index >= 15 is 0 Å². The molecule has 0 atom stereocenters. The van der Waals surface area contributed by atoms with Gasteiger partial charge < -0.3 is 5.32 Å². The van der Waals surface area contributed by atoms with Gasteiger partial charge in [0.15, 0.2) is 0 Å². The molecule has 2 heterocycles. The van der Waals surface area contributed by atoms with Crippen LogP contribution in [0.15, 0.2) is 36.4 Å². The summed E-state index contributed by atoms with van der Waals surface area (Å²) in [6.07, 6.45) is 0.733. The number of hydrogen-bond acceptors (Lipinski definition) is 3. The number of aromatic nitrogens is 1. The normalized spacial score (nSPS) is 15.8. The van der Waals surface area contributed by atoms with Crippen molar-refractivity contribution in [2.45, 2.75) is 6.42 Å². The van der Waals surface area contributed by atoms with Crippen molar-refractivity contribution in [3.05, 3.63) is 42.1 Å². The van der Waals surface area contributed by atoms with Crippen LogP contribution < -0.4 is 5.32 Å². The largest absolute Gasteiger partial charge is 0.314 e. The highest BCUT2D eigenvalue weighted by Gasteiger charge is 2.06. The predicted octanol–water partition coefficient (Wildman–Crippen LogP) is 1.69. The molecule has 0 unspecified atom stereocenters. The topological polar surface area (TPSA) is 28.2 Å². The number of piperazine rings is 1. The van der Waals surface area contributed by atoms with Crippen LogP contribution in [0.2, 0.25) is 0 Å². The maximum Gasteiger partial charge on any atom is 0.0705 e. The molecule has 0 spiro atoms. The molecule has 1 aromatic carbocycles. The second-order valence-electron chi connectivity index (χ2n) is 5.05. The lowest BCUT2D eigenvalue weighted by Gasteiger charge is -2.24. The van der Waals surface area contributed by atoms with Crippen molar-refractivity contribution >= 4 is 10.9 Å². The lowest BCUT2D eigenvalue weighted by Crippen LogP contribution is -2.43. The minimum Gasteiger partial charge on any atom is -0.314 e. The SMILES string of the molecule is C(#CCN1CCNCC1)Cc1ccc2ccccc2n1. The molecule has 1 aromatic heterocycles. The second-order valence-corrected chi connectivity index (χ2v) is 5.05. The van der Waals surface area contributed by atoms with Crippen LogP contribution in [0.5, 0.6) is 0 Å². The molecule has 1 fully saturated rings. The van der Waals surface area contributed by atoms with Gasteiger partial charge in [0, 0.05) is 31.6 Å². The summed E-state index contributed by atoms with van der Waals surface area (Å²) in [5.74, 6) is 6.50. The first-order chi connectivity index (χ1) is 9.92. The van der Waals surface area contributed by atoms with Crippen LogP contribution in [-0.2, 0) is 6.42 Å². The van der Waals surface area contributed by atoms with E-state index in [2.05, 4.69) is 45.2 Å². The molecular weight excluding hydrogens is 246 g/mol. The first-order valence-electron chi connectivity index (χ1n) is 7.15. The Kier molecular flexibility index (Phi) is 4.27. The first kappa shape index (κ1) is 13.1. The maximum absolute atomic E-state index is 4.63. The van der Waals surface area contributed by atoms with Crippen molar-refractivity contribution in [3.8, 4) is 11.8 Å². The van der Waals surface area contributed by atoms with Crippen LogP contribution in [0.4, 0.5) is 0 Å².